The molecule has 3 aromatic heterocycles. The van der Waals surface area contributed by atoms with Crippen LogP contribution in [0.15, 0.2) is 47.5 Å². The topological polar surface area (TPSA) is 57.8 Å². The van der Waals surface area contributed by atoms with Crippen LogP contribution in [0.1, 0.15) is 47.2 Å². The number of thiophene rings is 1. The Bertz CT molecular complexity index is 1190. The van der Waals surface area contributed by atoms with Gasteiger partial charge in [0.25, 0.3) is 0 Å². The first-order valence-corrected chi connectivity index (χ1v) is 11.0. The van der Waals surface area contributed by atoms with E-state index in [4.69, 9.17) is 14.8 Å². The van der Waals surface area contributed by atoms with Crippen molar-refractivity contribution in [2.24, 2.45) is 0 Å². The summed E-state index contributed by atoms with van der Waals surface area (Å²) in [5.41, 5.74) is 4.31. The molecule has 0 radical (unpaired) electrons. The number of methoxy groups -OCH3 is 1. The van der Waals surface area contributed by atoms with E-state index in [1.54, 1.807) is 24.8 Å². The van der Waals surface area contributed by atoms with Gasteiger partial charge in [-0.25, -0.2) is 14.6 Å². The number of nitrogens with zero attached hydrogens (tertiary/aromatic N) is 5. The number of hydrogen-bond acceptors (Lipinski definition) is 5. The smallest absolute Gasteiger partial charge is 0.174 e. The van der Waals surface area contributed by atoms with Crippen molar-refractivity contribution in [1.82, 2.24) is 24.3 Å². The van der Waals surface area contributed by atoms with Crippen LogP contribution >= 0.6 is 11.3 Å². The molecule has 7 heteroatoms. The molecule has 4 heterocycles. The molecule has 0 amide bonds. The molecule has 0 saturated heterocycles. The zero-order valence-electron chi connectivity index (χ0n) is 17.0. The van der Waals surface area contributed by atoms with Crippen molar-refractivity contribution in [2.75, 3.05) is 7.11 Å². The number of ether oxygens (including phenoxy) is 1. The summed E-state index contributed by atoms with van der Waals surface area (Å²) < 4.78 is 9.64. The van der Waals surface area contributed by atoms with Gasteiger partial charge in [0, 0.05) is 18.7 Å². The second kappa shape index (κ2) is 7.91. The molecule has 1 atom stereocenters. The summed E-state index contributed by atoms with van der Waals surface area (Å²) in [6, 6.07) is 8.32. The van der Waals surface area contributed by atoms with Crippen LogP contribution in [0, 0.1) is 6.92 Å². The highest BCUT2D eigenvalue weighted by Crippen LogP contribution is 2.33. The van der Waals surface area contributed by atoms with Crippen molar-refractivity contribution in [1.29, 1.82) is 0 Å². The van der Waals surface area contributed by atoms with Gasteiger partial charge in [-0.3, -0.25) is 0 Å². The number of aryl methyl sites for hydroxylation is 2. The zero-order valence-corrected chi connectivity index (χ0v) is 17.8. The van der Waals surface area contributed by atoms with Crippen LogP contribution < -0.4 is 4.74 Å². The van der Waals surface area contributed by atoms with Gasteiger partial charge in [-0.05, 0) is 65.9 Å². The maximum atomic E-state index is 5.61. The predicted molar refractivity (Wildman–Crippen MR) is 119 cm³/mol. The first kappa shape index (κ1) is 18.8. The van der Waals surface area contributed by atoms with Crippen LogP contribution in [0.3, 0.4) is 0 Å². The third-order valence-corrected chi connectivity index (χ3v) is 6.16. The standard InChI is InChI=1S/C23H23N5OS/c1-16-13-27(15-24-16)20-7-5-17(12-21(20)29-2)6-8-22-25-23-19(18-9-11-30-14-18)4-3-10-28(23)26-22/h5-9,11-15,19H,3-4,10H2,1-2H3. The molecule has 5 rings (SSSR count). The van der Waals surface area contributed by atoms with Crippen molar-refractivity contribution in [2.45, 2.75) is 32.2 Å². The summed E-state index contributed by atoms with van der Waals surface area (Å²) in [6.45, 7) is 2.91. The molecule has 0 fully saturated rings. The van der Waals surface area contributed by atoms with Crippen molar-refractivity contribution in [3.63, 3.8) is 0 Å². The highest BCUT2D eigenvalue weighted by Gasteiger charge is 2.25. The second-order valence-electron chi connectivity index (χ2n) is 7.49. The van der Waals surface area contributed by atoms with Gasteiger partial charge in [0.05, 0.1) is 24.8 Å². The fraction of sp³-hybridized carbons (Fsp3) is 0.261. The molecule has 1 unspecified atom stereocenters. The number of imidazole rings is 1. The Morgan fingerprint density at radius 3 is 2.93 bits per heavy atom. The molecule has 1 aromatic carbocycles. The fourth-order valence-corrected chi connectivity index (χ4v) is 4.68. The Morgan fingerprint density at radius 2 is 2.17 bits per heavy atom. The van der Waals surface area contributed by atoms with Crippen molar-refractivity contribution < 1.29 is 4.74 Å². The summed E-state index contributed by atoms with van der Waals surface area (Å²) in [7, 11) is 1.69. The molecular formula is C23H23N5OS. The summed E-state index contributed by atoms with van der Waals surface area (Å²) in [6.07, 6.45) is 10.1. The van der Waals surface area contributed by atoms with E-state index in [-0.39, 0.29) is 0 Å². The van der Waals surface area contributed by atoms with E-state index < -0.39 is 0 Å². The molecule has 1 aliphatic heterocycles. The Hall–Kier alpha value is -3.19. The quantitative estimate of drug-likeness (QED) is 0.462. The summed E-state index contributed by atoms with van der Waals surface area (Å²) >= 11 is 1.74. The van der Waals surface area contributed by atoms with Crippen LogP contribution in [0.5, 0.6) is 5.75 Å². The maximum absolute atomic E-state index is 5.61. The molecule has 0 aliphatic carbocycles. The highest BCUT2D eigenvalue weighted by atomic mass is 32.1. The van der Waals surface area contributed by atoms with Gasteiger partial charge in [0.15, 0.2) is 5.82 Å². The minimum Gasteiger partial charge on any atom is -0.495 e. The molecule has 0 bridgehead atoms. The number of fused-ring (bicyclic) bond motifs is 1. The molecule has 4 aromatic rings. The Labute approximate surface area is 179 Å². The number of benzene rings is 1. The van der Waals surface area contributed by atoms with E-state index in [1.165, 1.54) is 5.56 Å². The van der Waals surface area contributed by atoms with Crippen LogP contribution in [0.4, 0.5) is 0 Å². The van der Waals surface area contributed by atoms with E-state index in [0.29, 0.717) is 5.92 Å². The number of rotatable bonds is 5. The SMILES string of the molecule is COc1cc(C=Cc2nc3n(n2)CCCC3c2ccsc2)ccc1-n1cnc(C)c1. The van der Waals surface area contributed by atoms with Crippen LogP contribution in [0.2, 0.25) is 0 Å². The molecule has 6 nitrogen and oxygen atoms in total. The Balaban J connectivity index is 1.41. The van der Waals surface area contributed by atoms with E-state index in [0.717, 1.165) is 53.7 Å². The molecule has 0 spiro atoms. The molecule has 1 aliphatic rings. The summed E-state index contributed by atoms with van der Waals surface area (Å²) in [4.78, 5) is 9.14. The fourth-order valence-electron chi connectivity index (χ4n) is 3.96. The van der Waals surface area contributed by atoms with Crippen LogP contribution in [-0.2, 0) is 6.54 Å². The predicted octanol–water partition coefficient (Wildman–Crippen LogP) is 4.94. The first-order chi connectivity index (χ1) is 14.7. The number of aromatic nitrogens is 5. The zero-order chi connectivity index (χ0) is 20.5. The normalized spacial score (nSPS) is 16.1. The van der Waals surface area contributed by atoms with E-state index in [9.17, 15) is 0 Å². The van der Waals surface area contributed by atoms with E-state index in [1.807, 2.05) is 42.0 Å². The van der Waals surface area contributed by atoms with Gasteiger partial charge in [0.2, 0.25) is 0 Å². The molecule has 0 N–H and O–H groups in total. The van der Waals surface area contributed by atoms with Crippen molar-refractivity contribution in [3.05, 3.63) is 76.0 Å². The van der Waals surface area contributed by atoms with Gasteiger partial charge in [-0.1, -0.05) is 12.1 Å². The lowest BCUT2D eigenvalue weighted by Gasteiger charge is -2.21. The summed E-state index contributed by atoms with van der Waals surface area (Å²) in [5.74, 6) is 2.96. The lowest BCUT2D eigenvalue weighted by Crippen LogP contribution is -2.17. The third kappa shape index (κ3) is 3.57. The average Bonchev–Trinajstić information content (AvgIpc) is 3.52. The first-order valence-electron chi connectivity index (χ1n) is 10.0. The number of hydrogen-bond donors (Lipinski definition) is 0. The maximum Gasteiger partial charge on any atom is 0.174 e. The Kier molecular flexibility index (Phi) is 4.96. The highest BCUT2D eigenvalue weighted by molar-refractivity contribution is 7.08. The largest absolute Gasteiger partial charge is 0.495 e. The van der Waals surface area contributed by atoms with Gasteiger partial charge < -0.3 is 9.30 Å². The third-order valence-electron chi connectivity index (χ3n) is 5.46. The van der Waals surface area contributed by atoms with Gasteiger partial charge in [0.1, 0.15) is 11.6 Å². The van der Waals surface area contributed by atoms with Crippen LogP contribution in [0.25, 0.3) is 17.8 Å². The Morgan fingerprint density at radius 1 is 1.23 bits per heavy atom. The second-order valence-corrected chi connectivity index (χ2v) is 8.27. The molecule has 152 valence electrons. The van der Waals surface area contributed by atoms with Gasteiger partial charge in [-0.2, -0.15) is 16.4 Å². The van der Waals surface area contributed by atoms with Gasteiger partial charge in [-0.15, -0.1) is 0 Å². The average molecular weight is 418 g/mol. The lowest BCUT2D eigenvalue weighted by molar-refractivity contribution is 0.413. The summed E-state index contributed by atoms with van der Waals surface area (Å²) in [5, 5.41) is 9.07. The minimum atomic E-state index is 0.345. The minimum absolute atomic E-state index is 0.345. The van der Waals surface area contributed by atoms with Crippen LogP contribution in [-0.4, -0.2) is 31.4 Å². The molecule has 30 heavy (non-hydrogen) atoms. The molecular weight excluding hydrogens is 394 g/mol. The monoisotopic (exact) mass is 417 g/mol. The van der Waals surface area contributed by atoms with E-state index in [2.05, 4.69) is 32.6 Å². The molecule has 0 saturated carbocycles. The lowest BCUT2D eigenvalue weighted by atomic mass is 9.93. The van der Waals surface area contributed by atoms with Crippen molar-refractivity contribution >= 4 is 23.5 Å². The van der Waals surface area contributed by atoms with E-state index >= 15 is 0 Å². The van der Waals surface area contributed by atoms with Gasteiger partial charge >= 0.3 is 0 Å². The van der Waals surface area contributed by atoms with Crippen molar-refractivity contribution in [3.8, 4) is 11.4 Å².